The summed E-state index contributed by atoms with van der Waals surface area (Å²) in [6.45, 7) is 4.02. The van der Waals surface area contributed by atoms with Crippen molar-refractivity contribution in [1.82, 2.24) is 9.97 Å². The van der Waals surface area contributed by atoms with Crippen LogP contribution in [0.3, 0.4) is 0 Å². The predicted octanol–water partition coefficient (Wildman–Crippen LogP) is 3.67. The molecule has 0 aliphatic heterocycles. The summed E-state index contributed by atoms with van der Waals surface area (Å²) in [6, 6.07) is 5.98. The van der Waals surface area contributed by atoms with Crippen LogP contribution in [0.1, 0.15) is 18.2 Å². The molecule has 0 amide bonds. The largest absolute Gasteiger partial charge is 0.306 e. The molecule has 0 atom stereocenters. The SMILES string of the molecule is CCc1nc(-c2ccc(C)cc2Br)[nH]c(=O)c1I. The number of hydrogen-bond acceptors (Lipinski definition) is 2. The van der Waals surface area contributed by atoms with E-state index in [1.54, 1.807) is 0 Å². The molecule has 18 heavy (non-hydrogen) atoms. The lowest BCUT2D eigenvalue weighted by molar-refractivity contribution is 0.968. The molecule has 3 nitrogen and oxygen atoms in total. The molecule has 0 saturated heterocycles. The van der Waals surface area contributed by atoms with Crippen molar-refractivity contribution in [3.8, 4) is 11.4 Å². The fraction of sp³-hybridized carbons (Fsp3) is 0.231. The third kappa shape index (κ3) is 2.66. The minimum atomic E-state index is -0.0788. The van der Waals surface area contributed by atoms with Gasteiger partial charge in [0.05, 0.1) is 9.26 Å². The number of rotatable bonds is 2. The van der Waals surface area contributed by atoms with Crippen LogP contribution < -0.4 is 5.56 Å². The molecule has 0 aliphatic carbocycles. The monoisotopic (exact) mass is 418 g/mol. The van der Waals surface area contributed by atoms with Crippen molar-refractivity contribution < 1.29 is 0 Å². The Morgan fingerprint density at radius 1 is 1.44 bits per heavy atom. The third-order valence-corrected chi connectivity index (χ3v) is 4.41. The maximum absolute atomic E-state index is 11.9. The first-order valence-corrected chi connectivity index (χ1v) is 7.45. The van der Waals surface area contributed by atoms with E-state index < -0.39 is 0 Å². The number of benzene rings is 1. The molecule has 0 spiro atoms. The van der Waals surface area contributed by atoms with Gasteiger partial charge >= 0.3 is 0 Å². The van der Waals surface area contributed by atoms with Gasteiger partial charge in [0.1, 0.15) is 5.82 Å². The highest BCUT2D eigenvalue weighted by Crippen LogP contribution is 2.26. The second-order valence-corrected chi connectivity index (χ2v) is 5.95. The lowest BCUT2D eigenvalue weighted by atomic mass is 10.1. The van der Waals surface area contributed by atoms with Crippen molar-refractivity contribution in [1.29, 1.82) is 0 Å². The number of aromatic nitrogens is 2. The molecule has 94 valence electrons. The highest BCUT2D eigenvalue weighted by Gasteiger charge is 2.11. The molecule has 1 aromatic carbocycles. The van der Waals surface area contributed by atoms with Gasteiger partial charge in [0.15, 0.2) is 0 Å². The zero-order chi connectivity index (χ0) is 13.3. The first-order chi connectivity index (χ1) is 8.52. The van der Waals surface area contributed by atoms with Gasteiger partial charge in [-0.05, 0) is 53.6 Å². The van der Waals surface area contributed by atoms with E-state index >= 15 is 0 Å². The Labute approximate surface area is 127 Å². The third-order valence-electron chi connectivity index (χ3n) is 2.65. The smallest absolute Gasteiger partial charge is 0.264 e. The summed E-state index contributed by atoms with van der Waals surface area (Å²) in [6.07, 6.45) is 0.749. The van der Waals surface area contributed by atoms with Crippen LogP contribution in [-0.4, -0.2) is 9.97 Å². The molecule has 0 bridgehead atoms. The van der Waals surface area contributed by atoms with Gasteiger partial charge in [-0.1, -0.05) is 28.9 Å². The number of aromatic amines is 1. The van der Waals surface area contributed by atoms with E-state index in [2.05, 4.69) is 25.9 Å². The highest BCUT2D eigenvalue weighted by atomic mass is 127. The maximum atomic E-state index is 11.9. The summed E-state index contributed by atoms with van der Waals surface area (Å²) < 4.78 is 1.61. The molecule has 1 heterocycles. The Morgan fingerprint density at radius 3 is 2.78 bits per heavy atom. The zero-order valence-electron chi connectivity index (χ0n) is 10.1. The molecule has 1 aromatic heterocycles. The average molecular weight is 419 g/mol. The van der Waals surface area contributed by atoms with Crippen LogP contribution in [0.2, 0.25) is 0 Å². The summed E-state index contributed by atoms with van der Waals surface area (Å²) in [7, 11) is 0. The highest BCUT2D eigenvalue weighted by molar-refractivity contribution is 14.1. The van der Waals surface area contributed by atoms with E-state index in [0.717, 1.165) is 27.7 Å². The van der Waals surface area contributed by atoms with Gasteiger partial charge in [-0.25, -0.2) is 4.98 Å². The van der Waals surface area contributed by atoms with Crippen molar-refractivity contribution in [3.05, 3.63) is 47.9 Å². The van der Waals surface area contributed by atoms with Gasteiger partial charge < -0.3 is 4.98 Å². The van der Waals surface area contributed by atoms with Crippen molar-refractivity contribution in [2.45, 2.75) is 20.3 Å². The molecule has 1 N–H and O–H groups in total. The van der Waals surface area contributed by atoms with Gasteiger partial charge in [0.2, 0.25) is 0 Å². The molecule has 0 saturated carbocycles. The number of halogens is 2. The predicted molar refractivity (Wildman–Crippen MR) is 84.8 cm³/mol. The first-order valence-electron chi connectivity index (χ1n) is 5.58. The molecule has 2 aromatic rings. The summed E-state index contributed by atoms with van der Waals surface area (Å²) >= 11 is 5.55. The molecule has 5 heteroatoms. The van der Waals surface area contributed by atoms with Crippen LogP contribution in [0.5, 0.6) is 0 Å². The maximum Gasteiger partial charge on any atom is 0.264 e. The molecule has 0 aliphatic rings. The summed E-state index contributed by atoms with van der Waals surface area (Å²) in [5.74, 6) is 0.615. The normalized spacial score (nSPS) is 10.7. The second kappa shape index (κ2) is 5.52. The Morgan fingerprint density at radius 2 is 2.17 bits per heavy atom. The van der Waals surface area contributed by atoms with Gasteiger partial charge in [-0.3, -0.25) is 4.79 Å². The molecule has 0 unspecified atom stereocenters. The van der Waals surface area contributed by atoms with Crippen LogP contribution in [0.4, 0.5) is 0 Å². The fourth-order valence-corrected chi connectivity index (χ4v) is 3.00. The Kier molecular flexibility index (Phi) is 4.21. The van der Waals surface area contributed by atoms with Crippen LogP contribution in [0.15, 0.2) is 27.5 Å². The number of H-pyrrole nitrogens is 1. The van der Waals surface area contributed by atoms with E-state index in [-0.39, 0.29) is 5.56 Å². The van der Waals surface area contributed by atoms with E-state index in [4.69, 9.17) is 0 Å². The van der Waals surface area contributed by atoms with Crippen molar-refractivity contribution in [2.24, 2.45) is 0 Å². The van der Waals surface area contributed by atoms with E-state index in [1.165, 1.54) is 0 Å². The van der Waals surface area contributed by atoms with Crippen LogP contribution >= 0.6 is 38.5 Å². The second-order valence-electron chi connectivity index (χ2n) is 4.01. The van der Waals surface area contributed by atoms with E-state index in [1.807, 2.05) is 54.6 Å². The quantitative estimate of drug-likeness (QED) is 0.756. The van der Waals surface area contributed by atoms with E-state index in [0.29, 0.717) is 9.39 Å². The van der Waals surface area contributed by atoms with Crippen LogP contribution in [-0.2, 0) is 6.42 Å². The summed E-state index contributed by atoms with van der Waals surface area (Å²) in [5.41, 5.74) is 2.82. The minimum absolute atomic E-state index is 0.0788. The van der Waals surface area contributed by atoms with Gasteiger partial charge in [-0.15, -0.1) is 0 Å². The Balaban J connectivity index is 2.64. The number of nitrogens with one attached hydrogen (secondary N) is 1. The summed E-state index contributed by atoms with van der Waals surface area (Å²) in [5, 5.41) is 0. The topological polar surface area (TPSA) is 45.8 Å². The van der Waals surface area contributed by atoms with Gasteiger partial charge in [0.25, 0.3) is 5.56 Å². The fourth-order valence-electron chi connectivity index (χ4n) is 1.68. The number of nitrogens with zero attached hydrogens (tertiary/aromatic N) is 1. The van der Waals surface area contributed by atoms with Gasteiger partial charge in [-0.2, -0.15) is 0 Å². The number of hydrogen-bond donors (Lipinski definition) is 1. The Bertz CT molecular complexity index is 652. The molecular formula is C13H12BrIN2O. The lowest BCUT2D eigenvalue weighted by Gasteiger charge is -2.07. The van der Waals surface area contributed by atoms with Crippen molar-refractivity contribution >= 4 is 38.5 Å². The van der Waals surface area contributed by atoms with Crippen molar-refractivity contribution in [2.75, 3.05) is 0 Å². The standard InChI is InChI=1S/C13H12BrIN2O/c1-3-10-11(15)13(18)17-12(16-10)8-5-4-7(2)6-9(8)14/h4-6H,3H2,1-2H3,(H,16,17,18). The van der Waals surface area contributed by atoms with E-state index in [9.17, 15) is 4.79 Å². The Hall–Kier alpha value is -0.690. The molecule has 2 rings (SSSR count). The van der Waals surface area contributed by atoms with Crippen LogP contribution in [0.25, 0.3) is 11.4 Å². The number of aryl methyl sites for hydroxylation is 2. The zero-order valence-corrected chi connectivity index (χ0v) is 13.8. The first kappa shape index (κ1) is 13.7. The molecule has 0 fully saturated rings. The van der Waals surface area contributed by atoms with Gasteiger partial charge in [0, 0.05) is 10.0 Å². The van der Waals surface area contributed by atoms with Crippen LogP contribution in [0, 0.1) is 10.5 Å². The molecule has 0 radical (unpaired) electrons. The average Bonchev–Trinajstić information content (AvgIpc) is 2.32. The minimum Gasteiger partial charge on any atom is -0.306 e. The molecular weight excluding hydrogens is 407 g/mol. The van der Waals surface area contributed by atoms with Crippen molar-refractivity contribution in [3.63, 3.8) is 0 Å². The summed E-state index contributed by atoms with van der Waals surface area (Å²) in [4.78, 5) is 19.2. The lowest BCUT2D eigenvalue weighted by Crippen LogP contribution is -2.16.